The minimum atomic E-state index is -0.552. The van der Waals surface area contributed by atoms with Crippen LogP contribution in [-0.4, -0.2) is 23.3 Å². The van der Waals surface area contributed by atoms with Crippen LogP contribution in [-0.2, 0) is 16.1 Å². The smallest absolute Gasteiger partial charge is 0.271 e. The second-order valence-electron chi connectivity index (χ2n) is 7.98. The molecule has 32 heavy (non-hydrogen) atoms. The summed E-state index contributed by atoms with van der Waals surface area (Å²) >= 11 is 0. The fourth-order valence-electron chi connectivity index (χ4n) is 3.52. The molecule has 0 aromatic heterocycles. The van der Waals surface area contributed by atoms with Gasteiger partial charge in [0, 0.05) is 5.57 Å². The van der Waals surface area contributed by atoms with Crippen LogP contribution < -0.4 is 4.74 Å². The van der Waals surface area contributed by atoms with E-state index in [-0.39, 0.29) is 12.1 Å². The Kier molecular flexibility index (Phi) is 7.62. The lowest BCUT2D eigenvalue weighted by molar-refractivity contribution is -0.141. The number of amides is 2. The molecule has 0 fully saturated rings. The number of carbonyl (C=O) groups is 2. The Balaban J connectivity index is 1.85. The molecule has 3 rings (SSSR count). The molecule has 164 valence electrons. The Morgan fingerprint density at radius 1 is 0.969 bits per heavy atom. The van der Waals surface area contributed by atoms with Crippen molar-refractivity contribution in [2.75, 3.05) is 6.61 Å². The molecule has 5 heteroatoms. The lowest BCUT2D eigenvalue weighted by Gasteiger charge is -2.27. The summed E-state index contributed by atoms with van der Waals surface area (Å²) in [5, 5.41) is 9.57. The molecule has 0 saturated carbocycles. The zero-order valence-corrected chi connectivity index (χ0v) is 18.9. The van der Waals surface area contributed by atoms with Gasteiger partial charge in [0.05, 0.1) is 13.2 Å². The molecule has 2 aromatic carbocycles. The molecular weight excluding hydrogens is 400 g/mol. The van der Waals surface area contributed by atoms with Crippen molar-refractivity contribution >= 4 is 17.9 Å². The van der Waals surface area contributed by atoms with Crippen molar-refractivity contribution in [1.29, 1.82) is 5.26 Å². The average molecular weight is 429 g/mol. The van der Waals surface area contributed by atoms with Gasteiger partial charge in [-0.15, -0.1) is 0 Å². The summed E-state index contributed by atoms with van der Waals surface area (Å²) < 4.78 is 5.74. The number of hydrogen-bond donors (Lipinski definition) is 0. The van der Waals surface area contributed by atoms with Crippen LogP contribution >= 0.6 is 0 Å². The van der Waals surface area contributed by atoms with E-state index in [1.807, 2.05) is 61.5 Å². The van der Waals surface area contributed by atoms with Gasteiger partial charge >= 0.3 is 0 Å². The maximum Gasteiger partial charge on any atom is 0.271 e. The average Bonchev–Trinajstić information content (AvgIpc) is 2.80. The highest BCUT2D eigenvalue weighted by atomic mass is 16.5. The van der Waals surface area contributed by atoms with Crippen LogP contribution in [0.1, 0.15) is 49.8 Å². The largest absolute Gasteiger partial charge is 0.494 e. The van der Waals surface area contributed by atoms with Crippen molar-refractivity contribution in [2.45, 2.75) is 46.6 Å². The lowest BCUT2D eigenvalue weighted by atomic mass is 9.93. The lowest BCUT2D eigenvalue weighted by Crippen LogP contribution is -2.42. The molecule has 0 N–H and O–H groups in total. The summed E-state index contributed by atoms with van der Waals surface area (Å²) in [4.78, 5) is 27.2. The molecule has 0 saturated heterocycles. The number of rotatable bonds is 8. The first-order chi connectivity index (χ1) is 15.4. The summed E-state index contributed by atoms with van der Waals surface area (Å²) in [6.45, 7) is 6.57. The number of nitrogens with zero attached hydrogens (tertiary/aromatic N) is 2. The molecular formula is C27H28N2O3. The van der Waals surface area contributed by atoms with Crippen LogP contribution in [0, 0.1) is 18.3 Å². The number of benzene rings is 2. The van der Waals surface area contributed by atoms with Gasteiger partial charge in [0.25, 0.3) is 11.8 Å². The van der Waals surface area contributed by atoms with Crippen LogP contribution in [0.15, 0.2) is 65.3 Å². The van der Waals surface area contributed by atoms with E-state index in [0.717, 1.165) is 46.6 Å². The van der Waals surface area contributed by atoms with Gasteiger partial charge in [-0.05, 0) is 55.2 Å². The van der Waals surface area contributed by atoms with Gasteiger partial charge in [-0.3, -0.25) is 14.5 Å². The molecule has 1 aliphatic rings. The second kappa shape index (κ2) is 10.6. The quantitative estimate of drug-likeness (QED) is 0.323. The maximum absolute atomic E-state index is 13.2. The summed E-state index contributed by atoms with van der Waals surface area (Å²) in [6, 6.07) is 17.1. The molecule has 0 radical (unpaired) electrons. The fraction of sp³-hybridized carbons (Fsp3) is 0.296. The Hall–Kier alpha value is -3.65. The van der Waals surface area contributed by atoms with Crippen molar-refractivity contribution in [3.8, 4) is 11.8 Å². The van der Waals surface area contributed by atoms with Gasteiger partial charge in [0.1, 0.15) is 17.4 Å². The molecule has 0 unspecified atom stereocenters. The Morgan fingerprint density at radius 2 is 1.66 bits per heavy atom. The van der Waals surface area contributed by atoms with E-state index in [9.17, 15) is 14.9 Å². The van der Waals surface area contributed by atoms with Crippen molar-refractivity contribution in [3.63, 3.8) is 0 Å². The van der Waals surface area contributed by atoms with Crippen LogP contribution in [0.5, 0.6) is 5.75 Å². The summed E-state index contributed by atoms with van der Waals surface area (Å²) in [5.74, 6) is -0.171. The van der Waals surface area contributed by atoms with E-state index < -0.39 is 11.8 Å². The van der Waals surface area contributed by atoms with Crippen LogP contribution in [0.4, 0.5) is 0 Å². The van der Waals surface area contributed by atoms with E-state index in [1.165, 1.54) is 0 Å². The van der Waals surface area contributed by atoms with Crippen LogP contribution in [0.3, 0.4) is 0 Å². The SMILES string of the molecule is CCCCCOc1ccc(/C=C2/C(=O)N(Cc3ccc(C)cc3)C(=O)C(C#N)=C2C)cc1. The van der Waals surface area contributed by atoms with Crippen molar-refractivity contribution in [2.24, 2.45) is 0 Å². The standard InChI is InChI=1S/C27H28N2O3/c1-4-5-6-15-32-23-13-11-21(12-14-23)16-24-20(3)25(17-28)27(31)29(26(24)30)18-22-9-7-19(2)8-10-22/h7-14,16H,4-6,15,18H2,1-3H3/b24-16+. The number of unbranched alkanes of at least 4 members (excludes halogenated alkanes) is 2. The zero-order chi connectivity index (χ0) is 23.1. The summed E-state index contributed by atoms with van der Waals surface area (Å²) in [7, 11) is 0. The van der Waals surface area contributed by atoms with Gasteiger partial charge in [-0.25, -0.2) is 0 Å². The minimum Gasteiger partial charge on any atom is -0.494 e. The van der Waals surface area contributed by atoms with Gasteiger partial charge in [0.15, 0.2) is 0 Å². The molecule has 1 heterocycles. The highest BCUT2D eigenvalue weighted by molar-refractivity contribution is 6.19. The van der Waals surface area contributed by atoms with Gasteiger partial charge in [-0.2, -0.15) is 5.26 Å². The first-order valence-corrected chi connectivity index (χ1v) is 10.9. The Bertz CT molecular complexity index is 1090. The number of imide groups is 1. The molecule has 0 aliphatic carbocycles. The maximum atomic E-state index is 13.2. The first-order valence-electron chi connectivity index (χ1n) is 10.9. The number of carbonyl (C=O) groups excluding carboxylic acids is 2. The van der Waals surface area contributed by atoms with Crippen molar-refractivity contribution in [1.82, 2.24) is 4.90 Å². The van der Waals surface area contributed by atoms with E-state index >= 15 is 0 Å². The Morgan fingerprint density at radius 3 is 2.28 bits per heavy atom. The molecule has 0 spiro atoms. The van der Waals surface area contributed by atoms with Gasteiger partial charge in [0.2, 0.25) is 0 Å². The minimum absolute atomic E-state index is 0.00107. The number of nitriles is 1. The monoisotopic (exact) mass is 428 g/mol. The molecule has 2 aromatic rings. The predicted molar refractivity (Wildman–Crippen MR) is 124 cm³/mol. The molecule has 5 nitrogen and oxygen atoms in total. The van der Waals surface area contributed by atoms with Crippen LogP contribution in [0.25, 0.3) is 6.08 Å². The van der Waals surface area contributed by atoms with E-state index in [2.05, 4.69) is 6.92 Å². The highest BCUT2D eigenvalue weighted by Crippen LogP contribution is 2.28. The van der Waals surface area contributed by atoms with E-state index in [1.54, 1.807) is 13.0 Å². The second-order valence-corrected chi connectivity index (χ2v) is 7.98. The first kappa shape index (κ1) is 23.0. The molecule has 2 amide bonds. The van der Waals surface area contributed by atoms with Gasteiger partial charge in [-0.1, -0.05) is 61.7 Å². The third-order valence-electron chi connectivity index (χ3n) is 5.49. The highest BCUT2D eigenvalue weighted by Gasteiger charge is 2.35. The number of aryl methyl sites for hydroxylation is 1. The number of ether oxygens (including phenoxy) is 1. The van der Waals surface area contributed by atoms with E-state index in [0.29, 0.717) is 17.8 Å². The third kappa shape index (κ3) is 5.33. The predicted octanol–water partition coefficient (Wildman–Crippen LogP) is 5.36. The fourth-order valence-corrected chi connectivity index (χ4v) is 3.52. The zero-order valence-electron chi connectivity index (χ0n) is 18.9. The topological polar surface area (TPSA) is 70.4 Å². The van der Waals surface area contributed by atoms with Crippen molar-refractivity contribution in [3.05, 3.63) is 81.9 Å². The molecule has 1 aliphatic heterocycles. The molecule has 0 atom stereocenters. The van der Waals surface area contributed by atoms with Gasteiger partial charge < -0.3 is 4.74 Å². The Labute approximate surface area is 189 Å². The normalized spacial score (nSPS) is 15.3. The summed E-state index contributed by atoms with van der Waals surface area (Å²) in [5.41, 5.74) is 3.48. The third-order valence-corrected chi connectivity index (χ3v) is 5.49. The van der Waals surface area contributed by atoms with Crippen LogP contribution in [0.2, 0.25) is 0 Å². The number of hydrogen-bond acceptors (Lipinski definition) is 4. The summed E-state index contributed by atoms with van der Waals surface area (Å²) in [6.07, 6.45) is 5.02. The molecule has 0 bridgehead atoms. The van der Waals surface area contributed by atoms with Crippen molar-refractivity contribution < 1.29 is 14.3 Å². The van der Waals surface area contributed by atoms with E-state index in [4.69, 9.17) is 4.74 Å².